The smallest absolute Gasteiger partial charge is 0.221 e. The van der Waals surface area contributed by atoms with Gasteiger partial charge in [0.1, 0.15) is 24.0 Å². The van der Waals surface area contributed by atoms with Crippen LogP contribution in [-0.4, -0.2) is 36.4 Å². The third-order valence-electron chi connectivity index (χ3n) is 4.88. The molecule has 0 unspecified atom stereocenters. The van der Waals surface area contributed by atoms with E-state index in [1.807, 2.05) is 50.2 Å². The van der Waals surface area contributed by atoms with Gasteiger partial charge in [-0.25, -0.2) is 9.37 Å². The maximum absolute atomic E-state index is 12.3. The first kappa shape index (κ1) is 23.3. The van der Waals surface area contributed by atoms with E-state index in [1.165, 1.54) is 0 Å². The van der Waals surface area contributed by atoms with Gasteiger partial charge in [-0.3, -0.25) is 0 Å². The van der Waals surface area contributed by atoms with Crippen LogP contribution in [0.5, 0.6) is 11.5 Å². The monoisotopic (exact) mass is 439 g/mol. The number of halogens is 1. The fourth-order valence-corrected chi connectivity index (χ4v) is 3.45. The highest BCUT2D eigenvalue weighted by Gasteiger charge is 2.17. The fourth-order valence-electron chi connectivity index (χ4n) is 3.45. The summed E-state index contributed by atoms with van der Waals surface area (Å²) in [6.07, 6.45) is 2.16. The van der Waals surface area contributed by atoms with Crippen LogP contribution in [0.1, 0.15) is 30.5 Å². The Labute approximate surface area is 188 Å². The molecule has 3 aromatic rings. The summed E-state index contributed by atoms with van der Waals surface area (Å²) in [6, 6.07) is 12.1. The highest BCUT2D eigenvalue weighted by atomic mass is 19.1. The van der Waals surface area contributed by atoms with Crippen molar-refractivity contribution in [2.45, 2.75) is 26.8 Å². The Balaban J connectivity index is 1.97. The summed E-state index contributed by atoms with van der Waals surface area (Å²) in [6.45, 7) is 5.50. The van der Waals surface area contributed by atoms with Gasteiger partial charge in [0.05, 0.1) is 18.8 Å². The minimum atomic E-state index is -0.381. The number of nitrogens with zero attached hydrogens (tertiary/aromatic N) is 2. The molecule has 1 aromatic heterocycles. The van der Waals surface area contributed by atoms with Crippen molar-refractivity contribution in [1.82, 2.24) is 15.3 Å². The maximum atomic E-state index is 12.3. The molecule has 0 aliphatic carbocycles. The second-order valence-corrected chi connectivity index (χ2v) is 7.21. The molecule has 8 heteroatoms. The van der Waals surface area contributed by atoms with Crippen LogP contribution in [0, 0.1) is 0 Å². The Hall–Kier alpha value is -3.39. The fraction of sp³-hybridized carbons (Fsp3) is 0.333. The molecule has 0 saturated heterocycles. The first-order valence-corrected chi connectivity index (χ1v) is 10.7. The van der Waals surface area contributed by atoms with E-state index in [-0.39, 0.29) is 12.6 Å². The zero-order valence-electron chi connectivity index (χ0n) is 18.5. The van der Waals surface area contributed by atoms with Crippen molar-refractivity contribution in [2.75, 3.05) is 37.9 Å². The van der Waals surface area contributed by atoms with Gasteiger partial charge in [-0.15, -0.1) is 0 Å². The molecule has 0 spiro atoms. The molecule has 0 aliphatic heterocycles. The Bertz CT molecular complexity index is 1000. The van der Waals surface area contributed by atoms with Crippen LogP contribution in [-0.2, 0) is 13.0 Å². The van der Waals surface area contributed by atoms with Gasteiger partial charge in [0.25, 0.3) is 0 Å². The average Bonchev–Trinajstić information content (AvgIpc) is 2.77. The number of alkyl halides is 1. The lowest BCUT2D eigenvalue weighted by atomic mass is 9.97. The predicted octanol–water partition coefficient (Wildman–Crippen LogP) is 3.76. The molecule has 170 valence electrons. The lowest BCUT2D eigenvalue weighted by Crippen LogP contribution is -2.15. The summed E-state index contributed by atoms with van der Waals surface area (Å²) in [5.74, 6) is 1.96. The summed E-state index contributed by atoms with van der Waals surface area (Å²) in [7, 11) is 0. The van der Waals surface area contributed by atoms with E-state index >= 15 is 0 Å². The van der Waals surface area contributed by atoms with E-state index < -0.39 is 0 Å². The van der Waals surface area contributed by atoms with Crippen LogP contribution in [0.2, 0.25) is 0 Å². The average molecular weight is 440 g/mol. The zero-order valence-corrected chi connectivity index (χ0v) is 18.5. The SMILES string of the molecule is CCOc1cc(Cc2cnc(N)nc2N)cc(OCC)c1-c1ccc(CNCCF)cc1. The Kier molecular flexibility index (Phi) is 8.21. The summed E-state index contributed by atoms with van der Waals surface area (Å²) in [5, 5.41) is 3.06. The highest BCUT2D eigenvalue weighted by Crippen LogP contribution is 2.40. The van der Waals surface area contributed by atoms with Crippen LogP contribution >= 0.6 is 0 Å². The van der Waals surface area contributed by atoms with Gasteiger partial charge in [0, 0.05) is 31.3 Å². The van der Waals surface area contributed by atoms with E-state index in [1.54, 1.807) is 6.20 Å². The van der Waals surface area contributed by atoms with Crippen molar-refractivity contribution in [3.63, 3.8) is 0 Å². The molecule has 7 nitrogen and oxygen atoms in total. The Morgan fingerprint density at radius 1 is 0.969 bits per heavy atom. The summed E-state index contributed by atoms with van der Waals surface area (Å²) in [5.41, 5.74) is 16.3. The molecule has 5 N–H and O–H groups in total. The van der Waals surface area contributed by atoms with E-state index in [2.05, 4.69) is 15.3 Å². The second-order valence-electron chi connectivity index (χ2n) is 7.21. The number of nitrogens with two attached hydrogens (primary N) is 2. The van der Waals surface area contributed by atoms with Gasteiger partial charge >= 0.3 is 0 Å². The largest absolute Gasteiger partial charge is 0.493 e. The minimum Gasteiger partial charge on any atom is -0.493 e. The summed E-state index contributed by atoms with van der Waals surface area (Å²) < 4.78 is 24.3. The van der Waals surface area contributed by atoms with Crippen LogP contribution in [0.15, 0.2) is 42.6 Å². The number of anilines is 2. The Morgan fingerprint density at radius 2 is 1.62 bits per heavy atom. The van der Waals surface area contributed by atoms with Crippen LogP contribution in [0.3, 0.4) is 0 Å². The number of nitrogen functional groups attached to an aromatic ring is 2. The molecule has 0 amide bonds. The van der Waals surface area contributed by atoms with Crippen molar-refractivity contribution < 1.29 is 13.9 Å². The van der Waals surface area contributed by atoms with E-state index in [9.17, 15) is 4.39 Å². The van der Waals surface area contributed by atoms with Crippen LogP contribution in [0.25, 0.3) is 11.1 Å². The number of nitrogens with one attached hydrogen (secondary N) is 1. The highest BCUT2D eigenvalue weighted by molar-refractivity contribution is 5.78. The quantitative estimate of drug-likeness (QED) is 0.390. The molecule has 32 heavy (non-hydrogen) atoms. The van der Waals surface area contributed by atoms with Gasteiger partial charge < -0.3 is 26.3 Å². The maximum Gasteiger partial charge on any atom is 0.221 e. The molecule has 0 radical (unpaired) electrons. The lowest BCUT2D eigenvalue weighted by molar-refractivity contribution is 0.325. The van der Waals surface area contributed by atoms with E-state index in [0.717, 1.165) is 39.3 Å². The third kappa shape index (κ3) is 5.85. The number of hydrogen-bond acceptors (Lipinski definition) is 7. The zero-order chi connectivity index (χ0) is 22.9. The lowest BCUT2D eigenvalue weighted by Gasteiger charge is -2.18. The topological polar surface area (TPSA) is 108 Å². The van der Waals surface area contributed by atoms with Gasteiger partial charge in [0.2, 0.25) is 5.95 Å². The van der Waals surface area contributed by atoms with Crippen LogP contribution < -0.4 is 26.3 Å². The molecule has 0 bridgehead atoms. The minimum absolute atomic E-state index is 0.148. The van der Waals surface area contributed by atoms with E-state index in [0.29, 0.717) is 38.5 Å². The molecule has 0 fully saturated rings. The molecule has 3 rings (SSSR count). The van der Waals surface area contributed by atoms with Gasteiger partial charge in [-0.2, -0.15) is 4.98 Å². The predicted molar refractivity (Wildman–Crippen MR) is 126 cm³/mol. The van der Waals surface area contributed by atoms with Crippen molar-refractivity contribution >= 4 is 11.8 Å². The van der Waals surface area contributed by atoms with Crippen molar-refractivity contribution in [1.29, 1.82) is 0 Å². The van der Waals surface area contributed by atoms with Gasteiger partial charge in [0.15, 0.2) is 0 Å². The first-order chi connectivity index (χ1) is 15.5. The van der Waals surface area contributed by atoms with Crippen molar-refractivity contribution in [2.24, 2.45) is 0 Å². The number of rotatable bonds is 11. The molecular weight excluding hydrogens is 409 g/mol. The molecule has 2 aromatic carbocycles. The summed E-state index contributed by atoms with van der Waals surface area (Å²) >= 11 is 0. The molecule has 1 heterocycles. The molecule has 0 atom stereocenters. The van der Waals surface area contributed by atoms with Crippen LogP contribution in [0.4, 0.5) is 16.2 Å². The van der Waals surface area contributed by atoms with E-state index in [4.69, 9.17) is 20.9 Å². The number of ether oxygens (including phenoxy) is 2. The second kappa shape index (κ2) is 11.3. The Morgan fingerprint density at radius 3 is 2.19 bits per heavy atom. The third-order valence-corrected chi connectivity index (χ3v) is 4.88. The number of benzene rings is 2. The first-order valence-electron chi connectivity index (χ1n) is 10.7. The standard InChI is InChI=1S/C24H30FN5O2/c1-3-31-20-12-17(11-19-15-29-24(27)30-23(19)26)13-21(32-4-2)22(20)18-7-5-16(6-8-18)14-28-10-9-25/h5-8,12-13,15,28H,3-4,9-11,14H2,1-2H3,(H4,26,27,29,30). The molecule has 0 saturated carbocycles. The van der Waals surface area contributed by atoms with Gasteiger partial charge in [-0.1, -0.05) is 24.3 Å². The number of aromatic nitrogens is 2. The number of hydrogen-bond donors (Lipinski definition) is 3. The van der Waals surface area contributed by atoms with Gasteiger partial charge in [-0.05, 0) is 42.7 Å². The van der Waals surface area contributed by atoms with Crippen molar-refractivity contribution in [3.05, 3.63) is 59.3 Å². The normalized spacial score (nSPS) is 10.8. The summed E-state index contributed by atoms with van der Waals surface area (Å²) in [4.78, 5) is 8.10. The molecular formula is C24H30FN5O2. The van der Waals surface area contributed by atoms with Crippen molar-refractivity contribution in [3.8, 4) is 22.6 Å². The molecule has 0 aliphatic rings.